The summed E-state index contributed by atoms with van der Waals surface area (Å²) in [5.41, 5.74) is 3.99. The molecule has 0 bridgehead atoms. The fraction of sp³-hybridized carbons (Fsp3) is 0.167. The number of hydrogen-bond donors (Lipinski definition) is 1. The van der Waals surface area contributed by atoms with Gasteiger partial charge in [-0.25, -0.2) is 9.55 Å². The molecule has 1 N–H and O–H groups in total. The van der Waals surface area contributed by atoms with Crippen LogP contribution in [0.1, 0.15) is 22.6 Å². The average Bonchev–Trinajstić information content (AvgIpc) is 2.83. The molecule has 0 unspecified atom stereocenters. The molecule has 0 amide bonds. The van der Waals surface area contributed by atoms with Crippen LogP contribution in [0.15, 0.2) is 66.9 Å². The number of aromatic nitrogens is 2. The molecular formula is C18H19N2+. The molecule has 0 aliphatic carbocycles. The fourth-order valence-electron chi connectivity index (χ4n) is 2.50. The van der Waals surface area contributed by atoms with Gasteiger partial charge < -0.3 is 0 Å². The summed E-state index contributed by atoms with van der Waals surface area (Å²) in [6, 6.07) is 21.2. The zero-order valence-corrected chi connectivity index (χ0v) is 11.7. The van der Waals surface area contributed by atoms with E-state index in [1.807, 2.05) is 0 Å². The van der Waals surface area contributed by atoms with Crippen molar-refractivity contribution in [2.24, 2.45) is 0 Å². The van der Waals surface area contributed by atoms with Crippen LogP contribution in [-0.4, -0.2) is 4.98 Å². The molecule has 0 saturated carbocycles. The van der Waals surface area contributed by atoms with Crippen LogP contribution in [-0.2, 0) is 13.0 Å². The van der Waals surface area contributed by atoms with Gasteiger partial charge in [0.25, 0.3) is 5.82 Å². The highest BCUT2D eigenvalue weighted by Crippen LogP contribution is 2.07. The number of benzene rings is 2. The van der Waals surface area contributed by atoms with E-state index < -0.39 is 0 Å². The van der Waals surface area contributed by atoms with Crippen molar-refractivity contribution in [3.05, 3.63) is 89.5 Å². The summed E-state index contributed by atoms with van der Waals surface area (Å²) in [4.78, 5) is 3.34. The molecule has 0 aliphatic rings. The maximum absolute atomic E-state index is 3.34. The molecule has 0 fully saturated rings. The highest BCUT2D eigenvalue weighted by atomic mass is 15.1. The zero-order chi connectivity index (χ0) is 13.8. The predicted molar refractivity (Wildman–Crippen MR) is 80.5 cm³/mol. The number of hydrogen-bond acceptors (Lipinski definition) is 0. The van der Waals surface area contributed by atoms with Gasteiger partial charge in [-0.1, -0.05) is 60.7 Å². The first-order valence-electron chi connectivity index (χ1n) is 6.97. The lowest BCUT2D eigenvalue weighted by atomic mass is 10.1. The van der Waals surface area contributed by atoms with Crippen LogP contribution in [0.2, 0.25) is 0 Å². The number of aryl methyl sites for hydroxylation is 1. The SMILES string of the molecule is Cc1[nH]cc(Cc2ccccc2)[n+]1Cc1ccccc1. The third-order valence-corrected chi connectivity index (χ3v) is 3.61. The van der Waals surface area contributed by atoms with Gasteiger partial charge in [0, 0.05) is 13.3 Å². The molecule has 1 aromatic heterocycles. The molecule has 0 atom stereocenters. The minimum atomic E-state index is 0.915. The Balaban J connectivity index is 1.86. The number of H-pyrrole nitrogens is 1. The van der Waals surface area contributed by atoms with Gasteiger partial charge in [-0.3, -0.25) is 0 Å². The van der Waals surface area contributed by atoms with Crippen molar-refractivity contribution >= 4 is 0 Å². The van der Waals surface area contributed by atoms with E-state index in [4.69, 9.17) is 0 Å². The van der Waals surface area contributed by atoms with E-state index in [-0.39, 0.29) is 0 Å². The monoisotopic (exact) mass is 263 g/mol. The molecule has 3 rings (SSSR count). The van der Waals surface area contributed by atoms with Crippen molar-refractivity contribution in [3.8, 4) is 0 Å². The van der Waals surface area contributed by atoms with Gasteiger partial charge in [0.05, 0.1) is 0 Å². The van der Waals surface area contributed by atoms with Crippen molar-refractivity contribution in [3.63, 3.8) is 0 Å². The van der Waals surface area contributed by atoms with Gasteiger partial charge >= 0.3 is 0 Å². The summed E-state index contributed by atoms with van der Waals surface area (Å²) in [6.45, 7) is 3.04. The quantitative estimate of drug-likeness (QED) is 0.697. The minimum Gasteiger partial charge on any atom is -0.248 e. The maximum atomic E-state index is 3.34. The molecule has 0 radical (unpaired) electrons. The predicted octanol–water partition coefficient (Wildman–Crippen LogP) is 3.25. The van der Waals surface area contributed by atoms with Crippen LogP contribution in [0.5, 0.6) is 0 Å². The number of nitrogens with zero attached hydrogens (tertiary/aromatic N) is 1. The second kappa shape index (κ2) is 5.74. The Bertz CT molecular complexity index is 669. The van der Waals surface area contributed by atoms with Crippen LogP contribution < -0.4 is 4.57 Å². The highest BCUT2D eigenvalue weighted by Gasteiger charge is 2.14. The molecule has 100 valence electrons. The summed E-state index contributed by atoms with van der Waals surface area (Å²) in [5.74, 6) is 1.19. The first-order valence-corrected chi connectivity index (χ1v) is 6.97. The van der Waals surface area contributed by atoms with Gasteiger partial charge in [-0.15, -0.1) is 0 Å². The van der Waals surface area contributed by atoms with E-state index >= 15 is 0 Å². The third kappa shape index (κ3) is 2.80. The molecule has 0 spiro atoms. The Morgan fingerprint density at radius 2 is 1.45 bits per heavy atom. The number of imidazole rings is 1. The van der Waals surface area contributed by atoms with Crippen molar-refractivity contribution in [1.82, 2.24) is 4.98 Å². The van der Waals surface area contributed by atoms with Crippen LogP contribution in [0.3, 0.4) is 0 Å². The zero-order valence-electron chi connectivity index (χ0n) is 11.7. The average molecular weight is 263 g/mol. The number of nitrogens with one attached hydrogen (secondary N) is 1. The molecule has 1 heterocycles. The Labute approximate surface area is 119 Å². The van der Waals surface area contributed by atoms with E-state index in [9.17, 15) is 0 Å². The summed E-state index contributed by atoms with van der Waals surface area (Å²) < 4.78 is 2.35. The Kier molecular flexibility index (Phi) is 3.64. The van der Waals surface area contributed by atoms with Gasteiger partial charge in [0.15, 0.2) is 0 Å². The highest BCUT2D eigenvalue weighted by molar-refractivity contribution is 5.19. The first-order chi connectivity index (χ1) is 9.83. The molecule has 2 aromatic carbocycles. The minimum absolute atomic E-state index is 0.915. The van der Waals surface area contributed by atoms with Crippen LogP contribution >= 0.6 is 0 Å². The largest absolute Gasteiger partial charge is 0.251 e. The van der Waals surface area contributed by atoms with Crippen molar-refractivity contribution < 1.29 is 4.57 Å². The Morgan fingerprint density at radius 1 is 0.850 bits per heavy atom. The summed E-state index contributed by atoms with van der Waals surface area (Å²) in [6.07, 6.45) is 3.07. The molecular weight excluding hydrogens is 244 g/mol. The molecule has 0 saturated heterocycles. The van der Waals surface area contributed by atoms with Gasteiger partial charge in [-0.05, 0) is 11.1 Å². The standard InChI is InChI=1S/C18H18N2/c1-15-19-13-18(12-16-8-4-2-5-9-16)20(15)14-17-10-6-3-7-11-17/h2-11,13H,12,14H2,1H3/p+1. The maximum Gasteiger partial charge on any atom is 0.251 e. The lowest BCUT2D eigenvalue weighted by Crippen LogP contribution is -2.39. The summed E-state index contributed by atoms with van der Waals surface area (Å²) >= 11 is 0. The summed E-state index contributed by atoms with van der Waals surface area (Å²) in [5, 5.41) is 0. The second-order valence-electron chi connectivity index (χ2n) is 5.10. The van der Waals surface area contributed by atoms with Gasteiger partial charge in [-0.2, -0.15) is 0 Å². The van der Waals surface area contributed by atoms with E-state index in [1.165, 1.54) is 22.6 Å². The second-order valence-corrected chi connectivity index (χ2v) is 5.10. The molecule has 2 heteroatoms. The summed E-state index contributed by atoms with van der Waals surface area (Å²) in [7, 11) is 0. The smallest absolute Gasteiger partial charge is 0.248 e. The van der Waals surface area contributed by atoms with E-state index in [1.54, 1.807) is 0 Å². The third-order valence-electron chi connectivity index (χ3n) is 3.61. The molecule has 20 heavy (non-hydrogen) atoms. The van der Waals surface area contributed by atoms with Crippen molar-refractivity contribution in [2.45, 2.75) is 19.9 Å². The molecule has 0 aliphatic heterocycles. The Hall–Kier alpha value is -2.35. The topological polar surface area (TPSA) is 19.7 Å². The molecule has 3 aromatic rings. The van der Waals surface area contributed by atoms with Gasteiger partial charge in [0.2, 0.25) is 0 Å². The lowest BCUT2D eigenvalue weighted by molar-refractivity contribution is -0.699. The molecule has 2 nitrogen and oxygen atoms in total. The van der Waals surface area contributed by atoms with E-state index in [0.29, 0.717) is 0 Å². The van der Waals surface area contributed by atoms with Crippen LogP contribution in [0.25, 0.3) is 0 Å². The number of rotatable bonds is 4. The van der Waals surface area contributed by atoms with Crippen molar-refractivity contribution in [1.29, 1.82) is 0 Å². The van der Waals surface area contributed by atoms with E-state index in [2.05, 4.69) is 83.3 Å². The Morgan fingerprint density at radius 3 is 2.10 bits per heavy atom. The normalized spacial score (nSPS) is 10.7. The van der Waals surface area contributed by atoms with Gasteiger partial charge in [0.1, 0.15) is 18.4 Å². The van der Waals surface area contributed by atoms with Crippen molar-refractivity contribution in [2.75, 3.05) is 0 Å². The van der Waals surface area contributed by atoms with Crippen LogP contribution in [0.4, 0.5) is 0 Å². The van der Waals surface area contributed by atoms with Crippen LogP contribution in [0, 0.1) is 6.92 Å². The van der Waals surface area contributed by atoms with E-state index in [0.717, 1.165) is 13.0 Å². The fourth-order valence-corrected chi connectivity index (χ4v) is 2.50. The first kappa shape index (κ1) is 12.7. The number of aromatic amines is 1. The lowest BCUT2D eigenvalue weighted by Gasteiger charge is -2.04.